The first-order valence-electron chi connectivity index (χ1n) is 4.82. The van der Waals surface area contributed by atoms with Crippen molar-refractivity contribution >= 4 is 21.7 Å². The Kier molecular flexibility index (Phi) is 1.62. The summed E-state index contributed by atoms with van der Waals surface area (Å²) in [5, 5.41) is 12.8. The molecule has 0 atom stereocenters. The number of rotatable bonds is 0. The molecule has 2 heteroatoms. The Labute approximate surface area is 86.8 Å². The van der Waals surface area contributed by atoms with Crippen LogP contribution in [0, 0.1) is 0 Å². The first-order chi connectivity index (χ1) is 7.36. The van der Waals surface area contributed by atoms with Gasteiger partial charge in [0.05, 0.1) is 5.52 Å². The molecule has 0 aliphatic carbocycles. The van der Waals surface area contributed by atoms with E-state index in [1.807, 2.05) is 42.5 Å². The van der Waals surface area contributed by atoms with Gasteiger partial charge in [-0.1, -0.05) is 24.3 Å². The van der Waals surface area contributed by atoms with Gasteiger partial charge in [0.25, 0.3) is 0 Å². The maximum Gasteiger partial charge on any atom is 0.132 e. The van der Waals surface area contributed by atoms with Crippen molar-refractivity contribution in [1.82, 2.24) is 4.98 Å². The molecule has 0 amide bonds. The molecule has 0 fully saturated rings. The molecule has 0 saturated heterocycles. The molecule has 3 aromatic rings. The number of nitrogens with zero attached hydrogens (tertiary/aromatic N) is 1. The van der Waals surface area contributed by atoms with Crippen molar-refractivity contribution in [3.63, 3.8) is 0 Å². The van der Waals surface area contributed by atoms with Crippen molar-refractivity contribution in [2.24, 2.45) is 0 Å². The third-order valence-corrected chi connectivity index (χ3v) is 2.60. The van der Waals surface area contributed by atoms with Crippen LogP contribution in [0.4, 0.5) is 0 Å². The highest BCUT2D eigenvalue weighted by atomic mass is 16.3. The quantitative estimate of drug-likeness (QED) is 0.559. The second kappa shape index (κ2) is 2.95. The summed E-state index contributed by atoms with van der Waals surface area (Å²) in [5.74, 6) is 0.316. The van der Waals surface area contributed by atoms with Gasteiger partial charge in [0.1, 0.15) is 5.75 Å². The van der Waals surface area contributed by atoms with Crippen LogP contribution >= 0.6 is 0 Å². The normalized spacial score (nSPS) is 10.9. The third kappa shape index (κ3) is 1.15. The summed E-state index contributed by atoms with van der Waals surface area (Å²) in [6.45, 7) is 0. The molecule has 0 spiro atoms. The van der Waals surface area contributed by atoms with E-state index in [4.69, 9.17) is 0 Å². The minimum atomic E-state index is 0.316. The highest BCUT2D eigenvalue weighted by molar-refractivity contribution is 6.03. The van der Waals surface area contributed by atoms with Gasteiger partial charge in [-0.15, -0.1) is 0 Å². The number of hydrogen-bond acceptors (Lipinski definition) is 2. The molecule has 1 heterocycles. The highest BCUT2D eigenvalue weighted by Crippen LogP contribution is 2.32. The van der Waals surface area contributed by atoms with E-state index in [1.165, 1.54) is 0 Å². The second-order valence-corrected chi connectivity index (χ2v) is 3.52. The van der Waals surface area contributed by atoms with Crippen LogP contribution in [-0.4, -0.2) is 10.1 Å². The topological polar surface area (TPSA) is 33.1 Å². The van der Waals surface area contributed by atoms with Gasteiger partial charge in [-0.25, -0.2) is 0 Å². The minimum absolute atomic E-state index is 0.316. The van der Waals surface area contributed by atoms with Crippen molar-refractivity contribution in [1.29, 1.82) is 0 Å². The Balaban J connectivity index is 2.60. The number of fused-ring (bicyclic) bond motifs is 2. The number of phenolic OH excluding ortho intramolecular Hbond substituents is 1. The summed E-state index contributed by atoms with van der Waals surface area (Å²) in [6, 6.07) is 13.5. The number of pyridine rings is 1. The molecule has 0 saturated carbocycles. The molecule has 2 nitrogen and oxygen atoms in total. The Morgan fingerprint density at radius 2 is 1.73 bits per heavy atom. The first kappa shape index (κ1) is 8.24. The van der Waals surface area contributed by atoms with E-state index in [1.54, 1.807) is 6.20 Å². The summed E-state index contributed by atoms with van der Waals surface area (Å²) in [4.78, 5) is 4.23. The molecular weight excluding hydrogens is 186 g/mol. The fourth-order valence-electron chi connectivity index (χ4n) is 1.86. The average Bonchev–Trinajstić information content (AvgIpc) is 2.30. The third-order valence-electron chi connectivity index (χ3n) is 2.60. The Hall–Kier alpha value is -2.09. The fraction of sp³-hybridized carbons (Fsp3) is 0. The van der Waals surface area contributed by atoms with Gasteiger partial charge >= 0.3 is 0 Å². The van der Waals surface area contributed by atoms with Crippen LogP contribution in [0.2, 0.25) is 0 Å². The lowest BCUT2D eigenvalue weighted by Crippen LogP contribution is -1.80. The SMILES string of the molecule is Oc1c2ccccc2cc2ncccc12. The minimum Gasteiger partial charge on any atom is -0.507 e. The van der Waals surface area contributed by atoms with Gasteiger partial charge in [-0.05, 0) is 23.6 Å². The molecule has 0 radical (unpaired) electrons. The van der Waals surface area contributed by atoms with Crippen LogP contribution in [0.25, 0.3) is 21.7 Å². The number of phenols is 1. The molecule has 72 valence electrons. The van der Waals surface area contributed by atoms with E-state index in [0.717, 1.165) is 21.7 Å². The van der Waals surface area contributed by atoms with E-state index in [2.05, 4.69) is 4.98 Å². The molecule has 0 unspecified atom stereocenters. The first-order valence-corrected chi connectivity index (χ1v) is 4.82. The van der Waals surface area contributed by atoms with Gasteiger partial charge < -0.3 is 5.11 Å². The summed E-state index contributed by atoms with van der Waals surface area (Å²) < 4.78 is 0. The van der Waals surface area contributed by atoms with E-state index >= 15 is 0 Å². The van der Waals surface area contributed by atoms with Crippen LogP contribution in [0.15, 0.2) is 48.7 Å². The van der Waals surface area contributed by atoms with E-state index < -0.39 is 0 Å². The monoisotopic (exact) mass is 195 g/mol. The summed E-state index contributed by atoms with van der Waals surface area (Å²) in [6.07, 6.45) is 1.73. The van der Waals surface area contributed by atoms with Crippen LogP contribution in [0.5, 0.6) is 5.75 Å². The number of benzene rings is 2. The Bertz CT molecular complexity index is 592. The number of aromatic nitrogens is 1. The van der Waals surface area contributed by atoms with Gasteiger partial charge in [-0.3, -0.25) is 4.98 Å². The van der Waals surface area contributed by atoms with Gasteiger partial charge in [0, 0.05) is 17.0 Å². The van der Waals surface area contributed by atoms with Crippen molar-refractivity contribution in [3.05, 3.63) is 48.7 Å². The summed E-state index contributed by atoms with van der Waals surface area (Å²) >= 11 is 0. The largest absolute Gasteiger partial charge is 0.507 e. The van der Waals surface area contributed by atoms with Gasteiger partial charge in [0.2, 0.25) is 0 Å². The lowest BCUT2D eigenvalue weighted by atomic mass is 10.1. The van der Waals surface area contributed by atoms with E-state index in [9.17, 15) is 5.11 Å². The summed E-state index contributed by atoms with van der Waals surface area (Å²) in [5.41, 5.74) is 0.828. The van der Waals surface area contributed by atoms with Crippen molar-refractivity contribution in [2.75, 3.05) is 0 Å². The molecule has 0 bridgehead atoms. The summed E-state index contributed by atoms with van der Waals surface area (Å²) in [7, 11) is 0. The lowest BCUT2D eigenvalue weighted by molar-refractivity contribution is 0.487. The van der Waals surface area contributed by atoms with Gasteiger partial charge in [-0.2, -0.15) is 0 Å². The molecule has 1 aromatic heterocycles. The lowest BCUT2D eigenvalue weighted by Gasteiger charge is -2.04. The van der Waals surface area contributed by atoms with Crippen molar-refractivity contribution in [3.8, 4) is 5.75 Å². The zero-order valence-corrected chi connectivity index (χ0v) is 8.01. The van der Waals surface area contributed by atoms with Gasteiger partial charge in [0.15, 0.2) is 0 Å². The zero-order valence-electron chi connectivity index (χ0n) is 8.01. The van der Waals surface area contributed by atoms with Crippen molar-refractivity contribution < 1.29 is 5.11 Å². The molecule has 15 heavy (non-hydrogen) atoms. The molecule has 2 aromatic carbocycles. The molecular formula is C13H9NO. The van der Waals surface area contributed by atoms with E-state index in [0.29, 0.717) is 5.75 Å². The predicted octanol–water partition coefficient (Wildman–Crippen LogP) is 3.09. The number of hydrogen-bond donors (Lipinski definition) is 1. The molecule has 0 aliphatic heterocycles. The second-order valence-electron chi connectivity index (χ2n) is 3.52. The zero-order chi connectivity index (χ0) is 10.3. The van der Waals surface area contributed by atoms with Crippen LogP contribution in [0.3, 0.4) is 0 Å². The van der Waals surface area contributed by atoms with Crippen LogP contribution < -0.4 is 0 Å². The Morgan fingerprint density at radius 3 is 2.67 bits per heavy atom. The average molecular weight is 195 g/mol. The highest BCUT2D eigenvalue weighted by Gasteiger charge is 2.05. The van der Waals surface area contributed by atoms with Crippen LogP contribution in [-0.2, 0) is 0 Å². The maximum absolute atomic E-state index is 10.1. The van der Waals surface area contributed by atoms with Crippen molar-refractivity contribution in [2.45, 2.75) is 0 Å². The number of aromatic hydroxyl groups is 1. The standard InChI is InChI=1S/C13H9NO/c15-13-10-5-2-1-4-9(10)8-12-11(13)6-3-7-14-12/h1-8,15H. The fourth-order valence-corrected chi connectivity index (χ4v) is 1.86. The molecule has 3 rings (SSSR count). The van der Waals surface area contributed by atoms with Crippen LogP contribution in [0.1, 0.15) is 0 Å². The molecule has 1 N–H and O–H groups in total. The molecule has 0 aliphatic rings. The Morgan fingerprint density at radius 1 is 0.933 bits per heavy atom. The predicted molar refractivity (Wildman–Crippen MR) is 60.9 cm³/mol. The maximum atomic E-state index is 10.1. The van der Waals surface area contributed by atoms with E-state index in [-0.39, 0.29) is 0 Å². The smallest absolute Gasteiger partial charge is 0.132 e.